The molecule has 0 heterocycles. The number of hydrogen-bond donors (Lipinski definition) is 2. The number of methoxy groups -OCH3 is 1. The first-order chi connectivity index (χ1) is 13.1. The predicted octanol–water partition coefficient (Wildman–Crippen LogP) is 4.36. The van der Waals surface area contributed by atoms with E-state index in [0.717, 1.165) is 51.6 Å². The Bertz CT molecular complexity index is 598. The zero-order valence-corrected chi connectivity index (χ0v) is 17.9. The van der Waals surface area contributed by atoms with Crippen molar-refractivity contribution in [3.63, 3.8) is 0 Å². The number of fused-ring (bicyclic) bond motifs is 5. The summed E-state index contributed by atoms with van der Waals surface area (Å²) in [7, 11) is 3.74. The van der Waals surface area contributed by atoms with Gasteiger partial charge in [-0.1, -0.05) is 26.8 Å². The summed E-state index contributed by atoms with van der Waals surface area (Å²) in [5.74, 6) is 3.52. The molecule has 1 aromatic carbocycles. The monoisotopic (exact) mass is 378 g/mol. The quantitative estimate of drug-likeness (QED) is 0.762. The van der Waals surface area contributed by atoms with Crippen molar-refractivity contribution in [1.82, 2.24) is 0 Å². The van der Waals surface area contributed by atoms with Gasteiger partial charge in [-0.2, -0.15) is 0 Å². The van der Waals surface area contributed by atoms with E-state index in [9.17, 15) is 4.79 Å². The molecule has 154 valence electrons. The van der Waals surface area contributed by atoms with E-state index in [-0.39, 0.29) is 5.41 Å². The molecule has 1 aromatic rings. The Morgan fingerprint density at radius 3 is 2.33 bits per heavy atom. The van der Waals surface area contributed by atoms with Gasteiger partial charge in [-0.05, 0) is 73.1 Å². The number of ether oxygens (including phenoxy) is 1. The van der Waals surface area contributed by atoms with E-state index < -0.39 is 0 Å². The molecule has 4 heteroatoms. The molecule has 4 atom stereocenters. The Labute approximate surface area is 164 Å². The molecule has 0 radical (unpaired) electrons. The number of aliphatic hydroxyl groups is 2. The second kappa shape index (κ2) is 10.8. The summed E-state index contributed by atoms with van der Waals surface area (Å²) >= 11 is 0. The molecule has 3 aliphatic rings. The van der Waals surface area contributed by atoms with Crippen molar-refractivity contribution in [3.8, 4) is 5.75 Å². The van der Waals surface area contributed by atoms with E-state index in [1.807, 2.05) is 13.8 Å². The van der Waals surface area contributed by atoms with Crippen LogP contribution in [0.1, 0.15) is 69.9 Å². The average molecular weight is 379 g/mol. The Kier molecular flexibility index (Phi) is 9.48. The Hall–Kier alpha value is -1.39. The molecule has 2 fully saturated rings. The minimum Gasteiger partial charge on any atom is -0.497 e. The summed E-state index contributed by atoms with van der Waals surface area (Å²) in [6.07, 6.45) is 6.61. The van der Waals surface area contributed by atoms with Crippen molar-refractivity contribution in [2.45, 2.75) is 65.2 Å². The predicted molar refractivity (Wildman–Crippen MR) is 110 cm³/mol. The van der Waals surface area contributed by atoms with E-state index in [4.69, 9.17) is 14.9 Å². The number of aliphatic hydroxyl groups excluding tert-OH is 2. The molecule has 27 heavy (non-hydrogen) atoms. The summed E-state index contributed by atoms with van der Waals surface area (Å²) in [5, 5.41) is 14.0. The van der Waals surface area contributed by atoms with Crippen molar-refractivity contribution in [1.29, 1.82) is 0 Å². The smallest absolute Gasteiger partial charge is 0.139 e. The van der Waals surface area contributed by atoms with Gasteiger partial charge in [-0.25, -0.2) is 0 Å². The first-order valence-electron chi connectivity index (χ1n) is 10.2. The highest BCUT2D eigenvalue weighted by Crippen LogP contribution is 2.59. The molecule has 0 spiro atoms. The van der Waals surface area contributed by atoms with Crippen LogP contribution >= 0.6 is 0 Å². The van der Waals surface area contributed by atoms with E-state index in [1.165, 1.54) is 24.0 Å². The third-order valence-corrected chi connectivity index (χ3v) is 6.64. The summed E-state index contributed by atoms with van der Waals surface area (Å²) in [6, 6.07) is 6.61. The average Bonchev–Trinajstić information content (AvgIpc) is 3.06. The molecule has 0 bridgehead atoms. The van der Waals surface area contributed by atoms with Gasteiger partial charge in [0.05, 0.1) is 7.11 Å². The topological polar surface area (TPSA) is 66.8 Å². The van der Waals surface area contributed by atoms with E-state index >= 15 is 0 Å². The van der Waals surface area contributed by atoms with E-state index in [1.54, 1.807) is 7.11 Å². The molecule has 4 rings (SSSR count). The maximum absolute atomic E-state index is 12.3. The van der Waals surface area contributed by atoms with Crippen LogP contribution in [-0.4, -0.2) is 37.3 Å². The number of carbonyl (C=O) groups excluding carboxylic acids is 1. The molecule has 2 saturated carbocycles. The number of carbonyl (C=O) groups is 1. The van der Waals surface area contributed by atoms with Crippen molar-refractivity contribution < 1.29 is 19.7 Å². The molecule has 0 amide bonds. The van der Waals surface area contributed by atoms with Gasteiger partial charge >= 0.3 is 0 Å². The summed E-state index contributed by atoms with van der Waals surface area (Å²) in [4.78, 5) is 12.3. The van der Waals surface area contributed by atoms with Crippen LogP contribution in [-0.2, 0) is 11.2 Å². The van der Waals surface area contributed by atoms with Crippen LogP contribution < -0.4 is 4.74 Å². The lowest BCUT2D eigenvalue weighted by Gasteiger charge is -2.48. The number of ketones is 1. The third-order valence-electron chi connectivity index (χ3n) is 6.64. The van der Waals surface area contributed by atoms with Crippen LogP contribution in [0.25, 0.3) is 0 Å². The molecule has 0 aliphatic heterocycles. The second-order valence-corrected chi connectivity index (χ2v) is 7.40. The standard InChI is InChI=1S/C19H24O2.C2H6.2CH4O/c1-19-10-9-15-14-6-4-13(21-2)11-12(14)3-5-16(15)17(19)7-8-18(19)20;3*1-2/h4,6,11,15-17H,3,5,7-10H2,1-2H3;1-2H3;2*2H,1H3. The molecule has 4 unspecified atom stereocenters. The van der Waals surface area contributed by atoms with Gasteiger partial charge in [0.2, 0.25) is 0 Å². The van der Waals surface area contributed by atoms with Crippen molar-refractivity contribution in [3.05, 3.63) is 29.3 Å². The summed E-state index contributed by atoms with van der Waals surface area (Å²) in [5.41, 5.74) is 3.00. The van der Waals surface area contributed by atoms with Gasteiger partial charge in [0.1, 0.15) is 11.5 Å². The second-order valence-electron chi connectivity index (χ2n) is 7.40. The van der Waals surface area contributed by atoms with Crippen molar-refractivity contribution in [2.75, 3.05) is 21.3 Å². The van der Waals surface area contributed by atoms with Gasteiger partial charge in [0.25, 0.3) is 0 Å². The number of benzene rings is 1. The lowest BCUT2D eigenvalue weighted by molar-refractivity contribution is -0.129. The lowest BCUT2D eigenvalue weighted by atomic mass is 9.55. The minimum atomic E-state index is -0.00879. The third kappa shape index (κ3) is 4.38. The van der Waals surface area contributed by atoms with Crippen LogP contribution in [0.2, 0.25) is 0 Å². The summed E-state index contributed by atoms with van der Waals surface area (Å²) < 4.78 is 5.37. The maximum atomic E-state index is 12.3. The molecule has 0 aromatic heterocycles. The van der Waals surface area contributed by atoms with Gasteiger partial charge in [-0.3, -0.25) is 4.79 Å². The van der Waals surface area contributed by atoms with Crippen LogP contribution in [0.15, 0.2) is 18.2 Å². The van der Waals surface area contributed by atoms with E-state index in [2.05, 4.69) is 25.1 Å². The normalized spacial score (nSPS) is 29.9. The van der Waals surface area contributed by atoms with Gasteiger partial charge in [0, 0.05) is 26.1 Å². The fourth-order valence-corrected chi connectivity index (χ4v) is 5.46. The van der Waals surface area contributed by atoms with Crippen LogP contribution in [0.3, 0.4) is 0 Å². The van der Waals surface area contributed by atoms with Gasteiger partial charge in [0.15, 0.2) is 0 Å². The first kappa shape index (κ1) is 23.6. The maximum Gasteiger partial charge on any atom is 0.139 e. The molecule has 2 N–H and O–H groups in total. The zero-order valence-electron chi connectivity index (χ0n) is 17.9. The van der Waals surface area contributed by atoms with E-state index in [0.29, 0.717) is 17.6 Å². The Morgan fingerprint density at radius 2 is 1.70 bits per heavy atom. The number of aryl methyl sites for hydroxylation is 1. The highest BCUT2D eigenvalue weighted by atomic mass is 16.5. The Morgan fingerprint density at radius 1 is 1.04 bits per heavy atom. The van der Waals surface area contributed by atoms with Crippen LogP contribution in [0.4, 0.5) is 0 Å². The van der Waals surface area contributed by atoms with Crippen LogP contribution in [0, 0.1) is 17.3 Å². The first-order valence-corrected chi connectivity index (χ1v) is 10.2. The molecular weight excluding hydrogens is 340 g/mol. The minimum absolute atomic E-state index is 0.00879. The van der Waals surface area contributed by atoms with Gasteiger partial charge < -0.3 is 14.9 Å². The zero-order chi connectivity index (χ0) is 20.6. The van der Waals surface area contributed by atoms with Gasteiger partial charge in [-0.15, -0.1) is 0 Å². The van der Waals surface area contributed by atoms with Crippen molar-refractivity contribution >= 4 is 5.78 Å². The fourth-order valence-electron chi connectivity index (χ4n) is 5.46. The number of Topliss-reactive ketones (excluding diaryl/α,β-unsaturated/α-hetero) is 1. The number of hydrogen-bond acceptors (Lipinski definition) is 4. The fraction of sp³-hybridized carbons (Fsp3) is 0.696. The SMILES string of the molecule is CC.CO.CO.COc1ccc2c(c1)CCC1C2CCC2(C)C(=O)CCC12. The molecule has 3 aliphatic carbocycles. The molecular formula is C23H38O4. The lowest BCUT2D eigenvalue weighted by Crippen LogP contribution is -2.42. The molecule has 4 nitrogen and oxygen atoms in total. The largest absolute Gasteiger partial charge is 0.497 e. The molecule has 0 saturated heterocycles. The van der Waals surface area contributed by atoms with Crippen molar-refractivity contribution in [2.24, 2.45) is 17.3 Å². The highest BCUT2D eigenvalue weighted by molar-refractivity contribution is 5.87. The van der Waals surface area contributed by atoms with Crippen LogP contribution in [0.5, 0.6) is 5.75 Å². The Balaban J connectivity index is 0.000000556. The highest BCUT2D eigenvalue weighted by Gasteiger charge is 2.54. The number of rotatable bonds is 1. The summed E-state index contributed by atoms with van der Waals surface area (Å²) in [6.45, 7) is 6.24.